The van der Waals surface area contributed by atoms with Gasteiger partial charge in [-0.05, 0) is 25.7 Å². The van der Waals surface area contributed by atoms with Gasteiger partial charge in [-0.3, -0.25) is 19.2 Å². The lowest BCUT2D eigenvalue weighted by molar-refractivity contribution is -0.130. The Hall–Kier alpha value is -2.12. The fourth-order valence-electron chi connectivity index (χ4n) is 2.68. The van der Waals surface area contributed by atoms with Gasteiger partial charge in [-0.15, -0.1) is 0 Å². The quantitative estimate of drug-likeness (QED) is 0.429. The van der Waals surface area contributed by atoms with Crippen LogP contribution in [0, 0.1) is 5.92 Å². The van der Waals surface area contributed by atoms with Gasteiger partial charge in [-0.1, -0.05) is 13.8 Å². The molecule has 0 rings (SSSR count). The molecule has 0 saturated carbocycles. The molecule has 0 atom stereocenters. The normalized spacial score (nSPS) is 10.5. The maximum Gasteiger partial charge on any atom is 0.222 e. The highest BCUT2D eigenvalue weighted by atomic mass is 16.2. The second-order valence-corrected chi connectivity index (χ2v) is 7.36. The van der Waals surface area contributed by atoms with E-state index in [4.69, 9.17) is 0 Å². The Bertz CT molecular complexity index is 508. The zero-order valence-electron chi connectivity index (χ0n) is 18.2. The van der Waals surface area contributed by atoms with E-state index in [1.165, 1.54) is 6.92 Å². The van der Waals surface area contributed by atoms with Crippen molar-refractivity contribution in [2.24, 2.45) is 5.92 Å². The first-order valence-electron chi connectivity index (χ1n) is 10.2. The van der Waals surface area contributed by atoms with Crippen LogP contribution in [0.3, 0.4) is 0 Å². The van der Waals surface area contributed by atoms with Crippen LogP contribution in [0.5, 0.6) is 0 Å². The SMILES string of the molecule is CC(=O)NCCCN(CCCCN(CCCNC(=O)C(C)C)C(C)=O)C(C)=O. The molecule has 0 aromatic heterocycles. The van der Waals surface area contributed by atoms with Crippen LogP contribution in [0.4, 0.5) is 0 Å². The second-order valence-electron chi connectivity index (χ2n) is 7.36. The van der Waals surface area contributed by atoms with E-state index in [2.05, 4.69) is 10.6 Å². The van der Waals surface area contributed by atoms with Gasteiger partial charge in [0, 0.05) is 66.0 Å². The first kappa shape index (κ1) is 25.9. The van der Waals surface area contributed by atoms with Crippen LogP contribution in [0.2, 0.25) is 0 Å². The molecule has 0 unspecified atom stereocenters. The summed E-state index contributed by atoms with van der Waals surface area (Å²) in [7, 11) is 0. The molecule has 0 heterocycles. The Morgan fingerprint density at radius 1 is 0.679 bits per heavy atom. The van der Waals surface area contributed by atoms with Gasteiger partial charge in [0.25, 0.3) is 0 Å². The van der Waals surface area contributed by atoms with Gasteiger partial charge < -0.3 is 20.4 Å². The summed E-state index contributed by atoms with van der Waals surface area (Å²) in [6.07, 6.45) is 3.07. The Kier molecular flexibility index (Phi) is 13.8. The number of amides is 4. The number of hydrogen-bond acceptors (Lipinski definition) is 4. The molecule has 0 fully saturated rings. The van der Waals surface area contributed by atoms with Crippen LogP contribution in [-0.2, 0) is 19.2 Å². The lowest BCUT2D eigenvalue weighted by Crippen LogP contribution is -2.35. The maximum absolute atomic E-state index is 11.8. The van der Waals surface area contributed by atoms with Crippen LogP contribution in [0.25, 0.3) is 0 Å². The van der Waals surface area contributed by atoms with Crippen LogP contribution in [-0.4, -0.2) is 72.7 Å². The van der Waals surface area contributed by atoms with E-state index in [1.54, 1.807) is 23.6 Å². The molecule has 0 aromatic rings. The molecule has 0 aliphatic rings. The van der Waals surface area contributed by atoms with Crippen molar-refractivity contribution in [3.63, 3.8) is 0 Å². The van der Waals surface area contributed by atoms with Crippen LogP contribution < -0.4 is 10.6 Å². The summed E-state index contributed by atoms with van der Waals surface area (Å²) in [5, 5.41) is 5.58. The van der Waals surface area contributed by atoms with Gasteiger partial charge in [0.15, 0.2) is 0 Å². The van der Waals surface area contributed by atoms with Crippen LogP contribution in [0.15, 0.2) is 0 Å². The largest absolute Gasteiger partial charge is 0.356 e. The molecular formula is C20H38N4O4. The third-order valence-electron chi connectivity index (χ3n) is 4.40. The van der Waals surface area contributed by atoms with Gasteiger partial charge in [0.2, 0.25) is 23.6 Å². The van der Waals surface area contributed by atoms with Gasteiger partial charge >= 0.3 is 0 Å². The Morgan fingerprint density at radius 3 is 1.43 bits per heavy atom. The van der Waals surface area contributed by atoms with Crippen molar-refractivity contribution in [3.8, 4) is 0 Å². The molecule has 0 radical (unpaired) electrons. The molecule has 0 aliphatic carbocycles. The van der Waals surface area contributed by atoms with Crippen molar-refractivity contribution in [1.82, 2.24) is 20.4 Å². The summed E-state index contributed by atoms with van der Waals surface area (Å²) in [5.41, 5.74) is 0. The minimum Gasteiger partial charge on any atom is -0.356 e. The highest BCUT2D eigenvalue weighted by Crippen LogP contribution is 2.02. The third kappa shape index (κ3) is 13.1. The third-order valence-corrected chi connectivity index (χ3v) is 4.40. The summed E-state index contributed by atoms with van der Waals surface area (Å²) in [4.78, 5) is 49.5. The predicted octanol–water partition coefficient (Wildman–Crippen LogP) is 1.15. The second kappa shape index (κ2) is 14.9. The molecule has 2 N–H and O–H groups in total. The molecule has 28 heavy (non-hydrogen) atoms. The van der Waals surface area contributed by atoms with E-state index >= 15 is 0 Å². The molecule has 162 valence electrons. The number of carbonyl (C=O) groups is 4. The first-order valence-corrected chi connectivity index (χ1v) is 10.2. The number of rotatable bonds is 14. The molecule has 0 spiro atoms. The lowest BCUT2D eigenvalue weighted by Gasteiger charge is -2.24. The van der Waals surface area contributed by atoms with Crippen molar-refractivity contribution in [3.05, 3.63) is 0 Å². The van der Waals surface area contributed by atoms with Gasteiger partial charge in [0.05, 0.1) is 0 Å². The zero-order chi connectivity index (χ0) is 21.5. The summed E-state index contributed by atoms with van der Waals surface area (Å²) >= 11 is 0. The van der Waals surface area contributed by atoms with Crippen LogP contribution >= 0.6 is 0 Å². The summed E-state index contributed by atoms with van der Waals surface area (Å²) in [5.74, 6) is -0.0351. The molecule has 0 aromatic carbocycles. The zero-order valence-corrected chi connectivity index (χ0v) is 18.2. The first-order chi connectivity index (χ1) is 13.1. The van der Waals surface area contributed by atoms with Crippen molar-refractivity contribution in [2.45, 2.75) is 60.3 Å². The Balaban J connectivity index is 4.10. The van der Waals surface area contributed by atoms with E-state index in [0.29, 0.717) is 39.3 Å². The number of nitrogens with zero attached hydrogens (tertiary/aromatic N) is 2. The van der Waals surface area contributed by atoms with Crippen molar-refractivity contribution in [2.75, 3.05) is 39.3 Å². The molecule has 0 bridgehead atoms. The number of carbonyl (C=O) groups excluding carboxylic acids is 4. The smallest absolute Gasteiger partial charge is 0.222 e. The van der Waals surface area contributed by atoms with E-state index in [-0.39, 0.29) is 29.5 Å². The average Bonchev–Trinajstić information content (AvgIpc) is 2.60. The monoisotopic (exact) mass is 398 g/mol. The Morgan fingerprint density at radius 2 is 1.07 bits per heavy atom. The average molecular weight is 399 g/mol. The maximum atomic E-state index is 11.8. The topological polar surface area (TPSA) is 98.8 Å². The fourth-order valence-corrected chi connectivity index (χ4v) is 2.68. The summed E-state index contributed by atoms with van der Waals surface area (Å²) in [6.45, 7) is 11.9. The minimum atomic E-state index is -0.0672. The minimum absolute atomic E-state index is 0.0205. The standard InChI is InChI=1S/C20H38N4O4/c1-16(2)20(28)22-11-9-15-24(19(5)27)13-7-6-12-23(18(4)26)14-8-10-21-17(3)25/h16H,6-15H2,1-5H3,(H,21,25)(H,22,28). The summed E-state index contributed by atoms with van der Waals surface area (Å²) in [6, 6.07) is 0. The van der Waals surface area contributed by atoms with Gasteiger partial charge in [0.1, 0.15) is 0 Å². The fraction of sp³-hybridized carbons (Fsp3) is 0.800. The highest BCUT2D eigenvalue weighted by molar-refractivity contribution is 5.77. The Labute approximate surface area is 169 Å². The highest BCUT2D eigenvalue weighted by Gasteiger charge is 2.11. The van der Waals surface area contributed by atoms with Gasteiger partial charge in [-0.25, -0.2) is 0 Å². The number of unbranched alkanes of at least 4 members (excludes halogenated alkanes) is 1. The van der Waals surface area contributed by atoms with E-state index < -0.39 is 0 Å². The summed E-state index contributed by atoms with van der Waals surface area (Å²) < 4.78 is 0. The van der Waals surface area contributed by atoms with Gasteiger partial charge in [-0.2, -0.15) is 0 Å². The van der Waals surface area contributed by atoms with Crippen LogP contribution in [0.1, 0.15) is 60.3 Å². The van der Waals surface area contributed by atoms with Crippen molar-refractivity contribution < 1.29 is 19.2 Å². The van der Waals surface area contributed by atoms with Crippen molar-refractivity contribution >= 4 is 23.6 Å². The van der Waals surface area contributed by atoms with E-state index in [9.17, 15) is 19.2 Å². The molecule has 0 aliphatic heterocycles. The van der Waals surface area contributed by atoms with E-state index in [0.717, 1.165) is 25.7 Å². The molecule has 4 amide bonds. The molecule has 0 saturated heterocycles. The number of nitrogens with one attached hydrogen (secondary N) is 2. The molecule has 8 heteroatoms. The predicted molar refractivity (Wildman–Crippen MR) is 110 cm³/mol. The lowest BCUT2D eigenvalue weighted by atomic mass is 10.2. The van der Waals surface area contributed by atoms with E-state index in [1.807, 2.05) is 13.8 Å². The molecule has 8 nitrogen and oxygen atoms in total. The molecular weight excluding hydrogens is 360 g/mol. The number of hydrogen-bond donors (Lipinski definition) is 2. The van der Waals surface area contributed by atoms with Crippen molar-refractivity contribution in [1.29, 1.82) is 0 Å².